The highest BCUT2D eigenvalue weighted by Gasteiger charge is 2.36. The Kier molecular flexibility index (Phi) is 6.24. The third-order valence-corrected chi connectivity index (χ3v) is 6.60. The number of amides is 2. The number of thiocarbonyl (C=S) groups is 1. The summed E-state index contributed by atoms with van der Waals surface area (Å²) in [6.07, 6.45) is 8.03. The smallest absolute Gasteiger partial charge is 0.266 e. The van der Waals surface area contributed by atoms with E-state index in [1.165, 1.54) is 17.0 Å². The molecule has 0 N–H and O–H groups in total. The fourth-order valence-corrected chi connectivity index (χ4v) is 4.98. The van der Waals surface area contributed by atoms with Gasteiger partial charge < -0.3 is 4.90 Å². The van der Waals surface area contributed by atoms with Crippen LogP contribution in [-0.4, -0.2) is 44.0 Å². The average molecular weight is 442 g/mol. The SMILES string of the molecule is O=C1/C(=C/c2ccc(F)cc2)SC(=S)N1CC(=O)N1CCCC[C@H]1c1cccnc1. The summed E-state index contributed by atoms with van der Waals surface area (Å²) in [5.74, 6) is -0.754. The molecule has 1 aromatic heterocycles. The van der Waals surface area contributed by atoms with E-state index < -0.39 is 0 Å². The number of rotatable bonds is 4. The number of halogens is 1. The number of nitrogens with zero attached hydrogens (tertiary/aromatic N) is 3. The number of carbonyl (C=O) groups excluding carboxylic acids is 2. The number of benzene rings is 1. The van der Waals surface area contributed by atoms with E-state index in [0.29, 0.717) is 21.3 Å². The third-order valence-electron chi connectivity index (χ3n) is 5.23. The van der Waals surface area contributed by atoms with Crippen molar-refractivity contribution in [2.75, 3.05) is 13.1 Å². The topological polar surface area (TPSA) is 53.5 Å². The van der Waals surface area contributed by atoms with Crippen LogP contribution in [0.15, 0.2) is 53.7 Å². The Balaban J connectivity index is 1.49. The first-order chi connectivity index (χ1) is 14.5. The second-order valence-electron chi connectivity index (χ2n) is 7.20. The largest absolute Gasteiger partial charge is 0.334 e. The second-order valence-corrected chi connectivity index (χ2v) is 8.88. The molecule has 0 spiro atoms. The van der Waals surface area contributed by atoms with Gasteiger partial charge in [0.15, 0.2) is 0 Å². The van der Waals surface area contributed by atoms with E-state index in [-0.39, 0.29) is 30.2 Å². The number of pyridine rings is 1. The molecule has 154 valence electrons. The van der Waals surface area contributed by atoms with Crippen molar-refractivity contribution in [3.05, 3.63) is 70.6 Å². The maximum absolute atomic E-state index is 13.1. The maximum Gasteiger partial charge on any atom is 0.266 e. The molecule has 0 aliphatic carbocycles. The molecular formula is C22H20FN3O2S2. The van der Waals surface area contributed by atoms with Crippen LogP contribution in [0.2, 0.25) is 0 Å². The van der Waals surface area contributed by atoms with E-state index in [2.05, 4.69) is 4.98 Å². The van der Waals surface area contributed by atoms with Crippen molar-refractivity contribution in [1.82, 2.24) is 14.8 Å². The number of thioether (sulfide) groups is 1. The zero-order valence-corrected chi connectivity index (χ0v) is 17.8. The Hall–Kier alpha value is -2.58. The van der Waals surface area contributed by atoms with Gasteiger partial charge in [0.05, 0.1) is 10.9 Å². The number of carbonyl (C=O) groups is 2. The highest BCUT2D eigenvalue weighted by atomic mass is 32.2. The summed E-state index contributed by atoms with van der Waals surface area (Å²) in [6, 6.07) is 9.69. The first kappa shape index (κ1) is 20.7. The Morgan fingerprint density at radius 1 is 1.27 bits per heavy atom. The molecule has 4 rings (SSSR count). The molecule has 0 saturated carbocycles. The molecule has 2 fully saturated rings. The minimum Gasteiger partial charge on any atom is -0.334 e. The molecule has 8 heteroatoms. The lowest BCUT2D eigenvalue weighted by atomic mass is 9.96. The molecule has 2 amide bonds. The first-order valence-electron chi connectivity index (χ1n) is 9.73. The number of likely N-dealkylation sites (tertiary alicyclic amines) is 1. The second kappa shape index (κ2) is 9.06. The monoisotopic (exact) mass is 441 g/mol. The zero-order valence-electron chi connectivity index (χ0n) is 16.2. The Morgan fingerprint density at radius 2 is 2.07 bits per heavy atom. The molecular weight excluding hydrogens is 421 g/mol. The van der Waals surface area contributed by atoms with Crippen molar-refractivity contribution in [3.8, 4) is 0 Å². The summed E-state index contributed by atoms with van der Waals surface area (Å²) in [7, 11) is 0. The zero-order chi connectivity index (χ0) is 21.1. The number of hydrogen-bond acceptors (Lipinski definition) is 5. The Morgan fingerprint density at radius 3 is 2.80 bits per heavy atom. The summed E-state index contributed by atoms with van der Waals surface area (Å²) in [6.45, 7) is 0.570. The molecule has 2 aromatic rings. The molecule has 2 aliphatic rings. The van der Waals surface area contributed by atoms with E-state index in [0.717, 1.165) is 36.6 Å². The van der Waals surface area contributed by atoms with Crippen LogP contribution in [0, 0.1) is 5.82 Å². The first-order valence-corrected chi connectivity index (χ1v) is 11.0. The van der Waals surface area contributed by atoms with E-state index in [9.17, 15) is 14.0 Å². The van der Waals surface area contributed by atoms with Crippen molar-refractivity contribution < 1.29 is 14.0 Å². The van der Waals surface area contributed by atoms with Gasteiger partial charge in [-0.15, -0.1) is 0 Å². The van der Waals surface area contributed by atoms with Crippen LogP contribution < -0.4 is 0 Å². The van der Waals surface area contributed by atoms with Gasteiger partial charge in [0.25, 0.3) is 5.91 Å². The normalized spacial score (nSPS) is 20.8. The molecule has 1 atom stereocenters. The predicted molar refractivity (Wildman–Crippen MR) is 119 cm³/mol. The van der Waals surface area contributed by atoms with Gasteiger partial charge in [-0.1, -0.05) is 42.2 Å². The summed E-state index contributed by atoms with van der Waals surface area (Å²) in [4.78, 5) is 33.8. The van der Waals surface area contributed by atoms with Crippen molar-refractivity contribution in [2.24, 2.45) is 0 Å². The predicted octanol–water partition coefficient (Wildman–Crippen LogP) is 4.18. The van der Waals surface area contributed by atoms with Crippen LogP contribution >= 0.6 is 24.0 Å². The van der Waals surface area contributed by atoms with E-state index in [1.54, 1.807) is 30.6 Å². The molecule has 0 radical (unpaired) electrons. The van der Waals surface area contributed by atoms with E-state index in [4.69, 9.17) is 12.2 Å². The number of aromatic nitrogens is 1. The molecule has 0 unspecified atom stereocenters. The van der Waals surface area contributed by atoms with Gasteiger partial charge in [-0.3, -0.25) is 19.5 Å². The van der Waals surface area contributed by atoms with Crippen LogP contribution in [-0.2, 0) is 9.59 Å². The van der Waals surface area contributed by atoms with E-state index >= 15 is 0 Å². The van der Waals surface area contributed by atoms with Crippen LogP contribution in [0.1, 0.15) is 36.4 Å². The van der Waals surface area contributed by atoms with Crippen LogP contribution in [0.3, 0.4) is 0 Å². The van der Waals surface area contributed by atoms with Crippen molar-refractivity contribution in [2.45, 2.75) is 25.3 Å². The minimum absolute atomic E-state index is 0.0342. The molecule has 2 saturated heterocycles. The minimum atomic E-state index is -0.338. The Labute approximate surface area is 184 Å². The van der Waals surface area contributed by atoms with Gasteiger partial charge in [-0.05, 0) is 54.7 Å². The lowest BCUT2D eigenvalue weighted by Gasteiger charge is -2.36. The number of hydrogen-bond donors (Lipinski definition) is 0. The summed E-state index contributed by atoms with van der Waals surface area (Å²) < 4.78 is 13.5. The molecule has 5 nitrogen and oxygen atoms in total. The summed E-state index contributed by atoms with van der Waals surface area (Å²) in [5, 5.41) is 0. The van der Waals surface area contributed by atoms with Gasteiger partial charge >= 0.3 is 0 Å². The lowest BCUT2D eigenvalue weighted by molar-refractivity contribution is -0.138. The maximum atomic E-state index is 13.1. The Bertz CT molecular complexity index is 995. The van der Waals surface area contributed by atoms with Gasteiger partial charge in [-0.25, -0.2) is 4.39 Å². The molecule has 3 heterocycles. The van der Waals surface area contributed by atoms with Crippen LogP contribution in [0.4, 0.5) is 4.39 Å². The molecule has 2 aliphatic heterocycles. The van der Waals surface area contributed by atoms with Crippen LogP contribution in [0.5, 0.6) is 0 Å². The highest BCUT2D eigenvalue weighted by molar-refractivity contribution is 8.26. The lowest BCUT2D eigenvalue weighted by Crippen LogP contribution is -2.45. The van der Waals surface area contributed by atoms with Gasteiger partial charge in [-0.2, -0.15) is 0 Å². The van der Waals surface area contributed by atoms with Crippen LogP contribution in [0.25, 0.3) is 6.08 Å². The van der Waals surface area contributed by atoms with Crippen molar-refractivity contribution in [1.29, 1.82) is 0 Å². The molecule has 1 aromatic carbocycles. The standard InChI is InChI=1S/C22H20FN3O2S2/c23-17-8-6-15(7-9-17)12-19-21(28)26(22(29)30-19)14-20(27)25-11-2-1-5-18(25)16-4-3-10-24-13-16/h3-4,6-10,12-13,18H,1-2,5,11,14H2/b19-12-/t18-/m0/s1. The van der Waals surface area contributed by atoms with E-state index in [1.807, 2.05) is 17.0 Å². The van der Waals surface area contributed by atoms with Gasteiger partial charge in [0.1, 0.15) is 16.7 Å². The van der Waals surface area contributed by atoms with Gasteiger partial charge in [0, 0.05) is 18.9 Å². The third kappa shape index (κ3) is 4.44. The summed E-state index contributed by atoms with van der Waals surface area (Å²) in [5.41, 5.74) is 1.71. The summed E-state index contributed by atoms with van der Waals surface area (Å²) >= 11 is 6.52. The van der Waals surface area contributed by atoms with Gasteiger partial charge in [0.2, 0.25) is 5.91 Å². The van der Waals surface area contributed by atoms with Crippen molar-refractivity contribution in [3.63, 3.8) is 0 Å². The highest BCUT2D eigenvalue weighted by Crippen LogP contribution is 2.34. The average Bonchev–Trinajstić information content (AvgIpc) is 3.03. The van der Waals surface area contributed by atoms with Crippen molar-refractivity contribution >= 4 is 46.2 Å². The molecule has 30 heavy (non-hydrogen) atoms. The number of piperidine rings is 1. The quantitative estimate of drug-likeness (QED) is 0.526. The fourth-order valence-electron chi connectivity index (χ4n) is 3.72. The molecule has 0 bridgehead atoms. The fraction of sp³-hybridized carbons (Fsp3) is 0.273.